The quantitative estimate of drug-likeness (QED) is 0.242. The number of aromatic nitrogens is 4. The van der Waals surface area contributed by atoms with Crippen molar-refractivity contribution in [2.24, 2.45) is 0 Å². The predicted molar refractivity (Wildman–Crippen MR) is 148 cm³/mol. The Kier molecular flexibility index (Phi) is 5.10. The zero-order valence-electron chi connectivity index (χ0n) is 20.0. The highest BCUT2D eigenvalue weighted by atomic mass is 16.5. The third-order valence-electron chi connectivity index (χ3n) is 6.57. The van der Waals surface area contributed by atoms with Crippen LogP contribution in [0, 0.1) is 0 Å². The molecule has 0 saturated heterocycles. The monoisotopic (exact) mass is 478 g/mol. The molecule has 0 atom stereocenters. The van der Waals surface area contributed by atoms with E-state index in [4.69, 9.17) is 14.7 Å². The van der Waals surface area contributed by atoms with Crippen LogP contribution < -0.4 is 4.74 Å². The molecule has 0 spiro atoms. The van der Waals surface area contributed by atoms with Crippen LogP contribution in [0.1, 0.15) is 5.56 Å². The Morgan fingerprint density at radius 2 is 1.38 bits per heavy atom. The minimum absolute atomic E-state index is 0.476. The summed E-state index contributed by atoms with van der Waals surface area (Å²) in [6.07, 6.45) is 1.81. The molecule has 7 aromatic rings. The lowest BCUT2D eigenvalue weighted by molar-refractivity contribution is 0.307. The van der Waals surface area contributed by atoms with Gasteiger partial charge in [0.2, 0.25) is 0 Å². The van der Waals surface area contributed by atoms with Crippen molar-refractivity contribution in [2.45, 2.75) is 6.61 Å². The molecule has 0 radical (unpaired) electrons. The van der Waals surface area contributed by atoms with Crippen molar-refractivity contribution < 1.29 is 4.74 Å². The van der Waals surface area contributed by atoms with E-state index in [1.165, 1.54) is 0 Å². The van der Waals surface area contributed by atoms with Gasteiger partial charge in [-0.05, 0) is 48.0 Å². The van der Waals surface area contributed by atoms with Gasteiger partial charge in [-0.2, -0.15) is 0 Å². The Bertz CT molecular complexity index is 1890. The van der Waals surface area contributed by atoms with Gasteiger partial charge in [0, 0.05) is 17.0 Å². The van der Waals surface area contributed by atoms with Crippen molar-refractivity contribution in [3.8, 4) is 23.0 Å². The summed E-state index contributed by atoms with van der Waals surface area (Å²) in [5, 5.41) is 2.11. The molecule has 4 aromatic carbocycles. The number of para-hydroxylation sites is 3. The smallest absolute Gasteiger partial charge is 0.150 e. The summed E-state index contributed by atoms with van der Waals surface area (Å²) in [6, 6.07) is 38.7. The molecule has 176 valence electrons. The molecule has 0 unspecified atom stereocenters. The molecular formula is C32H22N4O. The van der Waals surface area contributed by atoms with E-state index < -0.39 is 0 Å². The standard InChI is InChI=1S/C32H22N4O/c1-2-9-22(10-3-1)21-37-28-15-7-4-12-25(28)32-34-26-13-5-6-14-27(26)36(32)29-19-18-24-17-16-23-11-8-20-33-30(23)31(24)35-29/h1-20H,21H2. The topological polar surface area (TPSA) is 52.8 Å². The first-order chi connectivity index (χ1) is 18.3. The van der Waals surface area contributed by atoms with E-state index in [1.54, 1.807) is 0 Å². The van der Waals surface area contributed by atoms with E-state index in [1.807, 2.05) is 72.9 Å². The molecule has 3 heterocycles. The number of hydrogen-bond donors (Lipinski definition) is 0. The van der Waals surface area contributed by atoms with Crippen LogP contribution in [0.25, 0.3) is 50.0 Å². The van der Waals surface area contributed by atoms with Crippen LogP contribution in [0.15, 0.2) is 121 Å². The van der Waals surface area contributed by atoms with Crippen molar-refractivity contribution >= 4 is 32.8 Å². The summed E-state index contributed by atoms with van der Waals surface area (Å²) < 4.78 is 8.42. The van der Waals surface area contributed by atoms with Crippen LogP contribution in [0.5, 0.6) is 5.75 Å². The SMILES string of the molecule is c1ccc(COc2ccccc2-c2nc3ccccc3n2-c2ccc3ccc4cccnc4c3n2)cc1. The van der Waals surface area contributed by atoms with Gasteiger partial charge in [-0.3, -0.25) is 9.55 Å². The maximum Gasteiger partial charge on any atom is 0.150 e. The molecule has 0 aliphatic rings. The Morgan fingerprint density at radius 1 is 0.622 bits per heavy atom. The second-order valence-corrected chi connectivity index (χ2v) is 8.91. The second-order valence-electron chi connectivity index (χ2n) is 8.91. The van der Waals surface area contributed by atoms with Gasteiger partial charge in [-0.1, -0.05) is 72.8 Å². The van der Waals surface area contributed by atoms with Crippen LogP contribution in [0.4, 0.5) is 0 Å². The summed E-state index contributed by atoms with van der Waals surface area (Å²) in [6.45, 7) is 0.476. The number of imidazole rings is 1. The molecule has 7 rings (SSSR count). The van der Waals surface area contributed by atoms with Crippen LogP contribution in [-0.2, 0) is 6.61 Å². The van der Waals surface area contributed by atoms with Crippen molar-refractivity contribution in [3.05, 3.63) is 127 Å². The molecule has 3 aromatic heterocycles. The van der Waals surface area contributed by atoms with Crippen LogP contribution in [-0.4, -0.2) is 19.5 Å². The van der Waals surface area contributed by atoms with Gasteiger partial charge in [0.1, 0.15) is 18.2 Å². The molecule has 5 nitrogen and oxygen atoms in total. The lowest BCUT2D eigenvalue weighted by Gasteiger charge is -2.14. The van der Waals surface area contributed by atoms with Crippen molar-refractivity contribution in [1.82, 2.24) is 19.5 Å². The number of rotatable bonds is 5. The number of ether oxygens (including phenoxy) is 1. The largest absolute Gasteiger partial charge is 0.488 e. The zero-order chi connectivity index (χ0) is 24.6. The first-order valence-corrected chi connectivity index (χ1v) is 12.2. The summed E-state index contributed by atoms with van der Waals surface area (Å²) in [5.74, 6) is 2.34. The molecular weight excluding hydrogens is 456 g/mol. The Hall–Kier alpha value is -5.03. The van der Waals surface area contributed by atoms with Gasteiger partial charge in [0.05, 0.1) is 27.6 Å². The van der Waals surface area contributed by atoms with E-state index in [0.29, 0.717) is 6.61 Å². The summed E-state index contributed by atoms with van der Waals surface area (Å²) in [5.41, 5.74) is 5.66. The highest BCUT2D eigenvalue weighted by Gasteiger charge is 2.19. The van der Waals surface area contributed by atoms with Crippen LogP contribution in [0.3, 0.4) is 0 Å². The van der Waals surface area contributed by atoms with E-state index in [-0.39, 0.29) is 0 Å². The highest BCUT2D eigenvalue weighted by Crippen LogP contribution is 2.35. The maximum atomic E-state index is 6.31. The van der Waals surface area contributed by atoms with Gasteiger partial charge >= 0.3 is 0 Å². The van der Waals surface area contributed by atoms with Gasteiger partial charge in [0.25, 0.3) is 0 Å². The Labute approximate surface area is 213 Å². The molecule has 37 heavy (non-hydrogen) atoms. The highest BCUT2D eigenvalue weighted by molar-refractivity contribution is 6.03. The molecule has 5 heteroatoms. The lowest BCUT2D eigenvalue weighted by atomic mass is 10.1. The molecule has 0 saturated carbocycles. The third-order valence-corrected chi connectivity index (χ3v) is 6.57. The average Bonchev–Trinajstić information content (AvgIpc) is 3.36. The van der Waals surface area contributed by atoms with E-state index in [9.17, 15) is 0 Å². The summed E-state index contributed by atoms with van der Waals surface area (Å²) in [7, 11) is 0. The number of pyridine rings is 2. The molecule has 0 bridgehead atoms. The second kappa shape index (κ2) is 8.88. The summed E-state index contributed by atoms with van der Waals surface area (Å²) in [4.78, 5) is 14.8. The van der Waals surface area contributed by atoms with Crippen LogP contribution in [0.2, 0.25) is 0 Å². The van der Waals surface area contributed by atoms with Gasteiger partial charge < -0.3 is 4.74 Å². The third kappa shape index (κ3) is 3.78. The average molecular weight is 479 g/mol. The number of fused-ring (bicyclic) bond motifs is 4. The first kappa shape index (κ1) is 21.3. The number of hydrogen-bond acceptors (Lipinski definition) is 4. The zero-order valence-corrected chi connectivity index (χ0v) is 20.0. The Balaban J connectivity index is 1.42. The van der Waals surface area contributed by atoms with E-state index in [2.05, 4.69) is 58.1 Å². The molecule has 0 aliphatic carbocycles. The van der Waals surface area contributed by atoms with E-state index in [0.717, 1.165) is 61.4 Å². The van der Waals surface area contributed by atoms with Crippen molar-refractivity contribution in [2.75, 3.05) is 0 Å². The molecule has 0 fully saturated rings. The fraction of sp³-hybridized carbons (Fsp3) is 0.0312. The normalized spacial score (nSPS) is 11.4. The van der Waals surface area contributed by atoms with Gasteiger partial charge in [0.15, 0.2) is 5.82 Å². The molecule has 0 amide bonds. The number of nitrogens with zero attached hydrogens (tertiary/aromatic N) is 4. The Morgan fingerprint density at radius 3 is 2.30 bits per heavy atom. The number of benzene rings is 4. The van der Waals surface area contributed by atoms with Crippen molar-refractivity contribution in [1.29, 1.82) is 0 Å². The minimum atomic E-state index is 0.476. The van der Waals surface area contributed by atoms with Gasteiger partial charge in [-0.25, -0.2) is 9.97 Å². The minimum Gasteiger partial charge on any atom is -0.488 e. The van der Waals surface area contributed by atoms with E-state index >= 15 is 0 Å². The van der Waals surface area contributed by atoms with Crippen LogP contribution >= 0.6 is 0 Å². The molecule has 0 aliphatic heterocycles. The fourth-order valence-electron chi connectivity index (χ4n) is 4.79. The first-order valence-electron chi connectivity index (χ1n) is 12.2. The van der Waals surface area contributed by atoms with Gasteiger partial charge in [-0.15, -0.1) is 0 Å². The lowest BCUT2D eigenvalue weighted by Crippen LogP contribution is -2.03. The maximum absolute atomic E-state index is 6.31. The molecule has 0 N–H and O–H groups in total. The fourth-order valence-corrected chi connectivity index (χ4v) is 4.79. The summed E-state index contributed by atoms with van der Waals surface area (Å²) >= 11 is 0. The predicted octanol–water partition coefficient (Wildman–Crippen LogP) is 7.37. The van der Waals surface area contributed by atoms with Crippen molar-refractivity contribution in [3.63, 3.8) is 0 Å².